The Morgan fingerprint density at radius 1 is 1.43 bits per heavy atom. The fraction of sp³-hybridized carbons (Fsp3) is 0.545. The Morgan fingerprint density at radius 2 is 2.14 bits per heavy atom. The summed E-state index contributed by atoms with van der Waals surface area (Å²) in [7, 11) is 1.68. The van der Waals surface area contributed by atoms with E-state index in [2.05, 4.69) is 9.97 Å². The first-order valence-corrected chi connectivity index (χ1v) is 6.68. The smallest absolute Gasteiger partial charge is 0.203 e. The summed E-state index contributed by atoms with van der Waals surface area (Å²) in [5, 5.41) is 29.0. The fourth-order valence-corrected chi connectivity index (χ4v) is 2.60. The third kappa shape index (κ3) is 2.03. The van der Waals surface area contributed by atoms with E-state index in [1.54, 1.807) is 7.05 Å². The first kappa shape index (κ1) is 14.4. The average molecular weight is 313 g/mol. The predicted molar refractivity (Wildman–Crippen MR) is 74.8 cm³/mol. The van der Waals surface area contributed by atoms with Crippen LogP contribution in [0.4, 0.5) is 5.95 Å². The molecule has 2 aromatic heterocycles. The Morgan fingerprint density at radius 3 is 2.76 bits per heavy atom. The highest BCUT2D eigenvalue weighted by atomic mass is 32.1. The lowest BCUT2D eigenvalue weighted by molar-refractivity contribution is -0.0511. The van der Waals surface area contributed by atoms with E-state index in [-0.39, 0.29) is 5.95 Å². The molecule has 0 aromatic carbocycles. The molecule has 1 fully saturated rings. The number of rotatable bonds is 2. The number of aromatic nitrogens is 4. The molecule has 1 saturated heterocycles. The van der Waals surface area contributed by atoms with Crippen LogP contribution in [0.25, 0.3) is 11.2 Å². The van der Waals surface area contributed by atoms with Gasteiger partial charge in [-0.1, -0.05) is 12.2 Å². The number of aliphatic hydroxyl groups excluding tert-OH is 3. The van der Waals surface area contributed by atoms with E-state index < -0.39 is 31.1 Å². The Labute approximate surface area is 124 Å². The van der Waals surface area contributed by atoms with E-state index >= 15 is 0 Å². The number of imidazole rings is 1. The van der Waals surface area contributed by atoms with E-state index in [0.717, 1.165) is 0 Å². The van der Waals surface area contributed by atoms with Gasteiger partial charge in [-0.15, -0.1) is 0 Å². The van der Waals surface area contributed by atoms with Gasteiger partial charge in [0.1, 0.15) is 28.5 Å². The highest BCUT2D eigenvalue weighted by molar-refractivity contribution is 7.71. The molecule has 21 heavy (non-hydrogen) atoms. The molecule has 9 nitrogen and oxygen atoms in total. The maximum atomic E-state index is 10.1. The molecule has 0 spiro atoms. The van der Waals surface area contributed by atoms with E-state index in [1.165, 1.54) is 15.5 Å². The lowest BCUT2D eigenvalue weighted by Gasteiger charge is -2.16. The molecular weight excluding hydrogens is 298 g/mol. The van der Waals surface area contributed by atoms with Gasteiger partial charge in [-0.25, -0.2) is 4.98 Å². The topological polar surface area (TPSA) is 132 Å². The zero-order valence-corrected chi connectivity index (χ0v) is 11.9. The van der Waals surface area contributed by atoms with Crippen molar-refractivity contribution in [2.45, 2.75) is 24.5 Å². The first-order chi connectivity index (χ1) is 9.95. The van der Waals surface area contributed by atoms with E-state index in [1.807, 2.05) is 0 Å². The second kappa shape index (κ2) is 5.00. The SMILES string of the molecule is Cn1c(N)nc2c(ncn2[C@@H]2O[C@H](CO)[C@@H](O)[C@H]2O)c1=S. The lowest BCUT2D eigenvalue weighted by atomic mass is 10.1. The van der Waals surface area contributed by atoms with Gasteiger partial charge in [-0.2, -0.15) is 4.98 Å². The van der Waals surface area contributed by atoms with Crippen molar-refractivity contribution in [3.05, 3.63) is 11.0 Å². The van der Waals surface area contributed by atoms with Crippen LogP contribution < -0.4 is 5.73 Å². The third-order valence-electron chi connectivity index (χ3n) is 3.63. The molecule has 1 aliphatic heterocycles. The van der Waals surface area contributed by atoms with Gasteiger partial charge in [-0.05, 0) is 0 Å². The predicted octanol–water partition coefficient (Wildman–Crippen LogP) is -1.31. The molecule has 2 aromatic rings. The number of anilines is 1. The van der Waals surface area contributed by atoms with E-state index in [4.69, 9.17) is 27.8 Å². The number of aliphatic hydroxyl groups is 3. The molecule has 0 radical (unpaired) electrons. The zero-order chi connectivity index (χ0) is 15.3. The summed E-state index contributed by atoms with van der Waals surface area (Å²) in [6, 6.07) is 0. The number of hydrogen-bond acceptors (Lipinski definition) is 8. The number of nitrogens with zero attached hydrogens (tertiary/aromatic N) is 4. The van der Waals surface area contributed by atoms with Crippen molar-refractivity contribution < 1.29 is 20.1 Å². The Kier molecular flexibility index (Phi) is 3.42. The quantitative estimate of drug-likeness (QED) is 0.503. The van der Waals surface area contributed by atoms with E-state index in [0.29, 0.717) is 15.8 Å². The minimum Gasteiger partial charge on any atom is -0.394 e. The van der Waals surface area contributed by atoms with Crippen molar-refractivity contribution in [2.75, 3.05) is 12.3 Å². The largest absolute Gasteiger partial charge is 0.394 e. The van der Waals surface area contributed by atoms with Crippen molar-refractivity contribution >= 4 is 29.3 Å². The highest BCUT2D eigenvalue weighted by Crippen LogP contribution is 2.31. The van der Waals surface area contributed by atoms with Crippen molar-refractivity contribution in [3.8, 4) is 0 Å². The molecule has 4 atom stereocenters. The molecule has 1 aliphatic rings. The number of fused-ring (bicyclic) bond motifs is 1. The minimum atomic E-state index is -1.22. The molecule has 3 heterocycles. The first-order valence-electron chi connectivity index (χ1n) is 6.27. The molecule has 3 rings (SSSR count). The van der Waals surface area contributed by atoms with Crippen LogP contribution in [-0.2, 0) is 11.8 Å². The normalized spacial score (nSPS) is 29.3. The highest BCUT2D eigenvalue weighted by Gasteiger charge is 2.44. The van der Waals surface area contributed by atoms with Crippen molar-refractivity contribution in [2.24, 2.45) is 7.05 Å². The average Bonchev–Trinajstić information content (AvgIpc) is 2.99. The van der Waals surface area contributed by atoms with Crippen LogP contribution in [0.15, 0.2) is 6.33 Å². The number of ether oxygens (including phenoxy) is 1. The Balaban J connectivity index is 2.12. The summed E-state index contributed by atoms with van der Waals surface area (Å²) < 4.78 is 8.82. The maximum Gasteiger partial charge on any atom is 0.203 e. The Hall–Kier alpha value is -1.59. The second-order valence-electron chi connectivity index (χ2n) is 4.89. The molecule has 10 heteroatoms. The van der Waals surface area contributed by atoms with Gasteiger partial charge in [0.2, 0.25) is 5.95 Å². The molecule has 0 unspecified atom stereocenters. The molecule has 114 valence electrons. The number of hydrogen-bond donors (Lipinski definition) is 4. The Bertz CT molecular complexity index is 744. The molecule has 0 saturated carbocycles. The molecule has 0 amide bonds. The zero-order valence-electron chi connectivity index (χ0n) is 11.1. The van der Waals surface area contributed by atoms with Crippen LogP contribution in [-0.4, -0.2) is 59.3 Å². The van der Waals surface area contributed by atoms with Gasteiger partial charge < -0.3 is 30.4 Å². The van der Waals surface area contributed by atoms with Crippen LogP contribution in [0.5, 0.6) is 0 Å². The van der Waals surface area contributed by atoms with Crippen LogP contribution in [0, 0.1) is 4.64 Å². The molecular formula is C11H15N5O4S. The standard InChI is InChI=1S/C11H15N5O4S/c1-15-10(21)5-8(14-11(15)12)16(3-13-5)9-7(19)6(18)4(2-17)20-9/h3-4,6-7,9,17-19H,2H2,1H3,(H2,12,14)/t4-,6-,7-,9-/m1/s1. The van der Waals surface area contributed by atoms with Gasteiger partial charge >= 0.3 is 0 Å². The lowest BCUT2D eigenvalue weighted by Crippen LogP contribution is -2.33. The molecule has 0 aliphatic carbocycles. The third-order valence-corrected chi connectivity index (χ3v) is 4.10. The summed E-state index contributed by atoms with van der Waals surface area (Å²) in [6.45, 7) is -0.405. The van der Waals surface area contributed by atoms with Crippen molar-refractivity contribution in [3.63, 3.8) is 0 Å². The van der Waals surface area contributed by atoms with Gasteiger partial charge in [0.05, 0.1) is 12.9 Å². The monoisotopic (exact) mass is 313 g/mol. The summed E-state index contributed by atoms with van der Waals surface area (Å²) in [6.07, 6.45) is -2.80. The van der Waals surface area contributed by atoms with Crippen LogP contribution in [0.2, 0.25) is 0 Å². The minimum absolute atomic E-state index is 0.195. The van der Waals surface area contributed by atoms with Crippen LogP contribution >= 0.6 is 12.2 Å². The summed E-state index contributed by atoms with van der Waals surface area (Å²) in [5.74, 6) is 0.195. The summed E-state index contributed by atoms with van der Waals surface area (Å²) >= 11 is 5.24. The summed E-state index contributed by atoms with van der Waals surface area (Å²) in [5.41, 5.74) is 6.58. The number of nitrogen functional groups attached to an aromatic ring is 1. The number of nitrogens with two attached hydrogens (primary N) is 1. The van der Waals surface area contributed by atoms with E-state index in [9.17, 15) is 10.2 Å². The fourth-order valence-electron chi connectivity index (χ4n) is 2.36. The second-order valence-corrected chi connectivity index (χ2v) is 5.27. The van der Waals surface area contributed by atoms with Gasteiger partial charge in [0.15, 0.2) is 11.9 Å². The maximum absolute atomic E-state index is 10.1. The molecule has 5 N–H and O–H groups in total. The van der Waals surface area contributed by atoms with Gasteiger partial charge in [-0.3, -0.25) is 4.57 Å². The van der Waals surface area contributed by atoms with Crippen molar-refractivity contribution in [1.82, 2.24) is 19.1 Å². The summed E-state index contributed by atoms with van der Waals surface area (Å²) in [4.78, 5) is 8.35. The van der Waals surface area contributed by atoms with Crippen molar-refractivity contribution in [1.29, 1.82) is 0 Å². The van der Waals surface area contributed by atoms with Crippen LogP contribution in [0.3, 0.4) is 0 Å². The molecule has 0 bridgehead atoms. The van der Waals surface area contributed by atoms with Gasteiger partial charge in [0.25, 0.3) is 0 Å². The van der Waals surface area contributed by atoms with Crippen LogP contribution in [0.1, 0.15) is 6.23 Å². The van der Waals surface area contributed by atoms with Gasteiger partial charge in [0, 0.05) is 7.05 Å².